The molecule has 4 nitrogen and oxygen atoms in total. The quantitative estimate of drug-likeness (QED) is 0.813. The van der Waals surface area contributed by atoms with E-state index < -0.39 is 6.09 Å². The minimum Gasteiger partial charge on any atom is -0.410 e. The monoisotopic (exact) mass is 246 g/mol. The van der Waals surface area contributed by atoms with E-state index >= 15 is 0 Å². The summed E-state index contributed by atoms with van der Waals surface area (Å²) in [5.74, 6) is 1.07. The summed E-state index contributed by atoms with van der Waals surface area (Å²) in [4.78, 5) is 11.6. The smallest absolute Gasteiger partial charge is 0.410 e. The fraction of sp³-hybridized carbons (Fsp3) is 0.0909. The summed E-state index contributed by atoms with van der Waals surface area (Å²) < 4.78 is 10.3. The third-order valence-electron chi connectivity index (χ3n) is 2.33. The highest BCUT2D eigenvalue weighted by atomic mass is 32.1. The van der Waals surface area contributed by atoms with Gasteiger partial charge in [-0.2, -0.15) is 4.37 Å². The van der Waals surface area contributed by atoms with Crippen LogP contribution in [0.15, 0.2) is 30.3 Å². The van der Waals surface area contributed by atoms with Crippen molar-refractivity contribution in [2.75, 3.05) is 5.32 Å². The standard InChI is InChI=1S/C11H11BN2O2S/c1-7-9(12)17-14-10(7)13-11(15)16-8-5-3-2-4-6-8/h2-6H,12H2,1H3,(H,13,14,15). The van der Waals surface area contributed by atoms with Crippen molar-refractivity contribution in [2.24, 2.45) is 0 Å². The Morgan fingerprint density at radius 3 is 2.71 bits per heavy atom. The molecule has 2 rings (SSSR count). The van der Waals surface area contributed by atoms with E-state index in [4.69, 9.17) is 4.74 Å². The van der Waals surface area contributed by atoms with Crippen molar-refractivity contribution in [1.29, 1.82) is 0 Å². The summed E-state index contributed by atoms with van der Waals surface area (Å²) >= 11 is 1.36. The fourth-order valence-electron chi connectivity index (χ4n) is 1.25. The van der Waals surface area contributed by atoms with E-state index in [1.807, 2.05) is 20.8 Å². The molecule has 6 heteroatoms. The summed E-state index contributed by atoms with van der Waals surface area (Å²) in [6, 6.07) is 8.91. The Kier molecular flexibility index (Phi) is 3.44. The van der Waals surface area contributed by atoms with Gasteiger partial charge in [-0.15, -0.1) is 0 Å². The number of aromatic nitrogens is 1. The first-order chi connectivity index (χ1) is 8.16. The van der Waals surface area contributed by atoms with Crippen molar-refractivity contribution < 1.29 is 9.53 Å². The second-order valence-corrected chi connectivity index (χ2v) is 4.52. The first-order valence-electron chi connectivity index (χ1n) is 5.13. The van der Waals surface area contributed by atoms with Gasteiger partial charge in [0.05, 0.1) is 0 Å². The lowest BCUT2D eigenvalue weighted by Gasteiger charge is -2.04. The van der Waals surface area contributed by atoms with E-state index in [1.54, 1.807) is 24.3 Å². The maximum atomic E-state index is 11.6. The van der Waals surface area contributed by atoms with E-state index in [0.717, 1.165) is 10.3 Å². The molecule has 17 heavy (non-hydrogen) atoms. The maximum absolute atomic E-state index is 11.6. The second-order valence-electron chi connectivity index (χ2n) is 3.54. The summed E-state index contributed by atoms with van der Waals surface area (Å²) in [6.07, 6.45) is -0.524. The van der Waals surface area contributed by atoms with Crippen molar-refractivity contribution in [3.63, 3.8) is 0 Å². The summed E-state index contributed by atoms with van der Waals surface area (Å²) in [5.41, 5.74) is 0.972. The molecule has 86 valence electrons. The number of hydrogen-bond donors (Lipinski definition) is 1. The molecular formula is C11H11BN2O2S. The molecule has 1 N–H and O–H groups in total. The topological polar surface area (TPSA) is 51.2 Å². The van der Waals surface area contributed by atoms with E-state index in [-0.39, 0.29) is 0 Å². The zero-order valence-corrected chi connectivity index (χ0v) is 10.4. The molecule has 0 atom stereocenters. The SMILES string of the molecule is Bc1snc(NC(=O)Oc2ccccc2)c1C. The first kappa shape index (κ1) is 11.7. The number of anilines is 1. The number of rotatable bonds is 2. The lowest BCUT2D eigenvalue weighted by Crippen LogP contribution is -2.18. The van der Waals surface area contributed by atoms with Crippen LogP contribution in [0.4, 0.5) is 10.6 Å². The zero-order valence-electron chi connectivity index (χ0n) is 9.56. The molecule has 0 unspecified atom stereocenters. The molecule has 0 spiro atoms. The maximum Gasteiger partial charge on any atom is 0.418 e. The van der Waals surface area contributed by atoms with Gasteiger partial charge in [0, 0.05) is 0 Å². The molecule has 0 radical (unpaired) electrons. The fourth-order valence-corrected chi connectivity index (χ4v) is 1.90. The Morgan fingerprint density at radius 1 is 1.41 bits per heavy atom. The van der Waals surface area contributed by atoms with Crippen LogP contribution >= 0.6 is 11.5 Å². The van der Waals surface area contributed by atoms with Crippen molar-refractivity contribution in [3.8, 4) is 5.75 Å². The lowest BCUT2D eigenvalue weighted by molar-refractivity contribution is 0.215. The number of nitrogens with zero attached hydrogens (tertiary/aromatic N) is 1. The normalized spacial score (nSPS) is 9.94. The van der Waals surface area contributed by atoms with Gasteiger partial charge in [0.25, 0.3) is 0 Å². The molecule has 2 aromatic rings. The minimum absolute atomic E-state index is 0.509. The Morgan fingerprint density at radius 2 is 2.12 bits per heavy atom. The number of carbonyl (C=O) groups excluding carboxylic acids is 1. The van der Waals surface area contributed by atoms with E-state index in [9.17, 15) is 4.79 Å². The van der Waals surface area contributed by atoms with Gasteiger partial charge in [0.2, 0.25) is 0 Å². The van der Waals surface area contributed by atoms with Crippen LogP contribution in [0.3, 0.4) is 0 Å². The molecule has 0 bridgehead atoms. The Hall–Kier alpha value is -1.82. The summed E-state index contributed by atoms with van der Waals surface area (Å²) in [5, 5.41) is 2.62. The Labute approximate surface area is 104 Å². The van der Waals surface area contributed by atoms with Crippen LogP contribution in [0.2, 0.25) is 0 Å². The zero-order chi connectivity index (χ0) is 12.3. The van der Waals surface area contributed by atoms with Gasteiger partial charge in [-0.25, -0.2) is 4.79 Å². The molecule has 0 fully saturated rings. The average Bonchev–Trinajstić information content (AvgIpc) is 2.62. The molecule has 0 saturated carbocycles. The molecule has 0 aliphatic heterocycles. The largest absolute Gasteiger partial charge is 0.418 e. The van der Waals surface area contributed by atoms with Crippen molar-refractivity contribution >= 4 is 36.1 Å². The van der Waals surface area contributed by atoms with Gasteiger partial charge in [0.15, 0.2) is 13.7 Å². The van der Waals surface area contributed by atoms with Crippen LogP contribution in [0.1, 0.15) is 5.56 Å². The first-order valence-corrected chi connectivity index (χ1v) is 5.91. The van der Waals surface area contributed by atoms with Crippen molar-refractivity contribution in [1.82, 2.24) is 4.37 Å². The molecule has 1 aromatic carbocycles. The molecule has 1 amide bonds. The minimum atomic E-state index is -0.524. The Balaban J connectivity index is 2.01. The van der Waals surface area contributed by atoms with Gasteiger partial charge in [0.1, 0.15) is 5.75 Å². The van der Waals surface area contributed by atoms with E-state index in [0.29, 0.717) is 11.6 Å². The van der Waals surface area contributed by atoms with Crippen LogP contribution in [0.25, 0.3) is 0 Å². The highest BCUT2D eigenvalue weighted by molar-refractivity contribution is 7.15. The van der Waals surface area contributed by atoms with E-state index in [2.05, 4.69) is 9.69 Å². The number of amides is 1. The van der Waals surface area contributed by atoms with Crippen LogP contribution < -0.4 is 14.8 Å². The van der Waals surface area contributed by atoms with Crippen LogP contribution in [-0.4, -0.2) is 18.3 Å². The lowest BCUT2D eigenvalue weighted by atomic mass is 10.0. The molecule has 1 heterocycles. The number of hydrogen-bond acceptors (Lipinski definition) is 4. The van der Waals surface area contributed by atoms with Crippen LogP contribution in [-0.2, 0) is 0 Å². The number of benzene rings is 1. The van der Waals surface area contributed by atoms with Gasteiger partial charge >= 0.3 is 6.09 Å². The third kappa shape index (κ3) is 2.85. The number of carbonyl (C=O) groups is 1. The summed E-state index contributed by atoms with van der Waals surface area (Å²) in [7, 11) is 1.96. The van der Waals surface area contributed by atoms with Gasteiger partial charge < -0.3 is 4.74 Å². The predicted octanol–water partition coefficient (Wildman–Crippen LogP) is 1.32. The molecule has 1 aromatic heterocycles. The highest BCUT2D eigenvalue weighted by Gasteiger charge is 2.10. The predicted molar refractivity (Wildman–Crippen MR) is 71.1 cm³/mol. The summed E-state index contributed by atoms with van der Waals surface area (Å²) in [6.45, 7) is 1.91. The molecule has 0 saturated heterocycles. The van der Waals surface area contributed by atoms with Gasteiger partial charge in [-0.1, -0.05) is 18.2 Å². The van der Waals surface area contributed by atoms with Gasteiger partial charge in [-0.3, -0.25) is 5.32 Å². The van der Waals surface area contributed by atoms with E-state index in [1.165, 1.54) is 11.5 Å². The molecule has 0 aliphatic rings. The number of nitrogens with one attached hydrogen (secondary N) is 1. The molecular weight excluding hydrogens is 235 g/mol. The van der Waals surface area contributed by atoms with Crippen molar-refractivity contribution in [2.45, 2.75) is 6.92 Å². The van der Waals surface area contributed by atoms with Crippen LogP contribution in [0, 0.1) is 6.92 Å². The molecule has 0 aliphatic carbocycles. The van der Waals surface area contributed by atoms with Crippen molar-refractivity contribution in [3.05, 3.63) is 35.9 Å². The second kappa shape index (κ2) is 5.01. The highest BCUT2D eigenvalue weighted by Crippen LogP contribution is 2.13. The Bertz CT molecular complexity index is 528. The van der Waals surface area contributed by atoms with Crippen LogP contribution in [0.5, 0.6) is 5.75 Å². The number of ether oxygens (including phenoxy) is 1. The van der Waals surface area contributed by atoms with Gasteiger partial charge in [-0.05, 0) is 40.9 Å². The third-order valence-corrected chi connectivity index (χ3v) is 3.19. The average molecular weight is 246 g/mol. The number of para-hydroxylation sites is 1.